The van der Waals surface area contributed by atoms with Crippen LogP contribution in [0.4, 0.5) is 0 Å². The number of para-hydroxylation sites is 1. The first-order chi connectivity index (χ1) is 16.2. The van der Waals surface area contributed by atoms with Crippen molar-refractivity contribution in [3.05, 3.63) is 89.4 Å². The number of aryl methyl sites for hydroxylation is 1. The van der Waals surface area contributed by atoms with Gasteiger partial charge in [0.05, 0.1) is 25.2 Å². The van der Waals surface area contributed by atoms with Gasteiger partial charge in [-0.1, -0.05) is 30.3 Å². The third-order valence-electron chi connectivity index (χ3n) is 5.51. The predicted octanol–water partition coefficient (Wildman–Crippen LogP) is 4.82. The second kappa shape index (κ2) is 11.1. The van der Waals surface area contributed by atoms with Gasteiger partial charge in [0.2, 0.25) is 5.91 Å². The van der Waals surface area contributed by atoms with Crippen LogP contribution in [0.2, 0.25) is 0 Å². The van der Waals surface area contributed by atoms with E-state index in [1.165, 1.54) is 0 Å². The minimum absolute atomic E-state index is 0.0786. The average molecular weight is 465 g/mol. The molecule has 0 radical (unpaired) electrons. The minimum atomic E-state index is -0.0952. The fourth-order valence-electron chi connectivity index (χ4n) is 3.86. The number of nitrogens with zero attached hydrogens (tertiary/aromatic N) is 1. The molecule has 33 heavy (non-hydrogen) atoms. The lowest BCUT2D eigenvalue weighted by molar-refractivity contribution is -0.128. The highest BCUT2D eigenvalue weighted by atomic mass is 32.2. The van der Waals surface area contributed by atoms with Crippen LogP contribution in [0.1, 0.15) is 46.0 Å². The minimum Gasteiger partial charge on any atom is -0.494 e. The molecule has 0 bridgehead atoms. The molecule has 3 aromatic rings. The number of nitrogens with one attached hydrogen (secondary N) is 1. The quantitative estimate of drug-likeness (QED) is 0.436. The van der Waals surface area contributed by atoms with Gasteiger partial charge in [-0.3, -0.25) is 9.59 Å². The summed E-state index contributed by atoms with van der Waals surface area (Å²) in [6.07, 6.45) is 3.29. The number of rotatable bonds is 10. The van der Waals surface area contributed by atoms with Crippen LogP contribution in [0, 0.1) is 0 Å². The molecule has 1 saturated heterocycles. The van der Waals surface area contributed by atoms with Crippen molar-refractivity contribution in [1.29, 1.82) is 0 Å². The van der Waals surface area contributed by atoms with Crippen LogP contribution in [0.15, 0.2) is 71.3 Å². The molecule has 1 unspecified atom stereocenters. The number of carbonyl (C=O) groups excluding carboxylic acids is 2. The first kappa shape index (κ1) is 23.0. The second-order valence-corrected chi connectivity index (χ2v) is 8.86. The third kappa shape index (κ3) is 5.79. The van der Waals surface area contributed by atoms with Gasteiger partial charge in [-0.25, -0.2) is 0 Å². The summed E-state index contributed by atoms with van der Waals surface area (Å²) in [4.78, 5) is 26.7. The summed E-state index contributed by atoms with van der Waals surface area (Å²) in [5.41, 5.74) is 2.77. The van der Waals surface area contributed by atoms with Crippen molar-refractivity contribution in [3.63, 3.8) is 0 Å². The van der Waals surface area contributed by atoms with Crippen LogP contribution in [0.5, 0.6) is 5.75 Å². The van der Waals surface area contributed by atoms with E-state index in [0.29, 0.717) is 31.0 Å². The Bertz CT molecular complexity index is 1070. The van der Waals surface area contributed by atoms with Crippen molar-refractivity contribution in [2.75, 3.05) is 18.9 Å². The number of thioether (sulfide) groups is 1. The smallest absolute Gasteiger partial charge is 0.251 e. The van der Waals surface area contributed by atoms with Crippen LogP contribution in [-0.4, -0.2) is 35.6 Å². The molecule has 1 aliphatic heterocycles. The van der Waals surface area contributed by atoms with Crippen LogP contribution < -0.4 is 10.1 Å². The normalized spacial score (nSPS) is 15.6. The zero-order valence-corrected chi connectivity index (χ0v) is 19.5. The van der Waals surface area contributed by atoms with Gasteiger partial charge in [0.25, 0.3) is 5.91 Å². The van der Waals surface area contributed by atoms with E-state index in [-0.39, 0.29) is 17.2 Å². The fourth-order valence-corrected chi connectivity index (χ4v) is 5.05. The average Bonchev–Trinajstić information content (AvgIpc) is 3.48. The number of amides is 2. The molecule has 0 spiro atoms. The molecule has 0 aliphatic carbocycles. The van der Waals surface area contributed by atoms with Crippen LogP contribution in [-0.2, 0) is 17.8 Å². The van der Waals surface area contributed by atoms with Crippen molar-refractivity contribution < 1.29 is 18.7 Å². The Balaban J connectivity index is 1.30. The summed E-state index contributed by atoms with van der Waals surface area (Å²) in [5.74, 6) is 2.11. The van der Waals surface area contributed by atoms with Gasteiger partial charge >= 0.3 is 0 Å². The van der Waals surface area contributed by atoms with E-state index in [0.717, 1.165) is 35.5 Å². The Morgan fingerprint density at radius 2 is 1.97 bits per heavy atom. The van der Waals surface area contributed by atoms with E-state index in [1.807, 2.05) is 66.4 Å². The number of benzene rings is 2. The summed E-state index contributed by atoms with van der Waals surface area (Å²) in [6, 6.07) is 19.2. The Labute approximate surface area is 198 Å². The van der Waals surface area contributed by atoms with Crippen molar-refractivity contribution in [3.8, 4) is 5.75 Å². The second-order valence-electron chi connectivity index (χ2n) is 7.79. The molecule has 1 aliphatic rings. The van der Waals surface area contributed by atoms with Gasteiger partial charge < -0.3 is 19.4 Å². The molecular weight excluding hydrogens is 436 g/mol. The largest absolute Gasteiger partial charge is 0.494 e. The molecule has 7 heteroatoms. The standard InChI is InChI=1S/C26H28N2O4S/c1-2-31-23-10-4-3-7-19(23)8-5-15-27-25(30)20-11-13-21(14-12-20)26-28(24(29)18-33-26)17-22-9-6-16-32-22/h3-4,6-7,9-14,16,26H,2,5,8,15,17-18H2,1H3,(H,27,30). The van der Waals surface area contributed by atoms with Gasteiger partial charge in [0, 0.05) is 12.1 Å². The number of hydrogen-bond acceptors (Lipinski definition) is 5. The van der Waals surface area contributed by atoms with E-state index in [1.54, 1.807) is 18.0 Å². The maximum atomic E-state index is 12.6. The highest BCUT2D eigenvalue weighted by Gasteiger charge is 2.33. The summed E-state index contributed by atoms with van der Waals surface area (Å²) in [5, 5.41) is 2.91. The van der Waals surface area contributed by atoms with Gasteiger partial charge in [-0.05, 0) is 61.2 Å². The Hall–Kier alpha value is -3.19. The topological polar surface area (TPSA) is 71.8 Å². The monoisotopic (exact) mass is 464 g/mol. The van der Waals surface area contributed by atoms with E-state index in [4.69, 9.17) is 9.15 Å². The molecule has 1 atom stereocenters. The Morgan fingerprint density at radius 3 is 2.73 bits per heavy atom. The lowest BCUT2D eigenvalue weighted by Gasteiger charge is -2.23. The van der Waals surface area contributed by atoms with Gasteiger partial charge in [0.15, 0.2) is 0 Å². The maximum Gasteiger partial charge on any atom is 0.251 e. The lowest BCUT2D eigenvalue weighted by Crippen LogP contribution is -2.27. The van der Waals surface area contributed by atoms with E-state index >= 15 is 0 Å². The third-order valence-corrected chi connectivity index (χ3v) is 6.77. The zero-order chi connectivity index (χ0) is 23.0. The molecule has 1 aromatic heterocycles. The van der Waals surface area contributed by atoms with Crippen molar-refractivity contribution in [2.45, 2.75) is 31.7 Å². The Kier molecular flexibility index (Phi) is 7.73. The summed E-state index contributed by atoms with van der Waals surface area (Å²) in [6.45, 7) is 3.64. The molecule has 4 rings (SSSR count). The number of ether oxygens (including phenoxy) is 1. The Morgan fingerprint density at radius 1 is 1.15 bits per heavy atom. The summed E-state index contributed by atoms with van der Waals surface area (Å²) < 4.78 is 11.1. The van der Waals surface area contributed by atoms with E-state index < -0.39 is 0 Å². The predicted molar refractivity (Wildman–Crippen MR) is 129 cm³/mol. The van der Waals surface area contributed by atoms with Gasteiger partial charge in [0.1, 0.15) is 16.9 Å². The fraction of sp³-hybridized carbons (Fsp3) is 0.308. The number of carbonyl (C=O) groups is 2. The SMILES string of the molecule is CCOc1ccccc1CCCNC(=O)c1ccc(C2SCC(=O)N2Cc2ccco2)cc1. The van der Waals surface area contributed by atoms with Gasteiger partial charge in [-0.2, -0.15) is 0 Å². The summed E-state index contributed by atoms with van der Waals surface area (Å²) in [7, 11) is 0. The van der Waals surface area contributed by atoms with Crippen molar-refractivity contribution in [1.82, 2.24) is 10.2 Å². The molecule has 1 N–H and O–H groups in total. The molecule has 0 saturated carbocycles. The van der Waals surface area contributed by atoms with Crippen molar-refractivity contribution >= 4 is 23.6 Å². The summed E-state index contributed by atoms with van der Waals surface area (Å²) >= 11 is 1.59. The molecular formula is C26H28N2O4S. The molecule has 172 valence electrons. The molecule has 6 nitrogen and oxygen atoms in total. The number of hydrogen-bond donors (Lipinski definition) is 1. The first-order valence-electron chi connectivity index (χ1n) is 11.2. The van der Waals surface area contributed by atoms with E-state index in [9.17, 15) is 9.59 Å². The van der Waals surface area contributed by atoms with Gasteiger partial charge in [-0.15, -0.1) is 11.8 Å². The van der Waals surface area contributed by atoms with Crippen molar-refractivity contribution in [2.24, 2.45) is 0 Å². The van der Waals surface area contributed by atoms with E-state index in [2.05, 4.69) is 11.4 Å². The maximum absolute atomic E-state index is 12.6. The first-order valence-corrected chi connectivity index (χ1v) is 12.2. The highest BCUT2D eigenvalue weighted by molar-refractivity contribution is 8.00. The zero-order valence-electron chi connectivity index (χ0n) is 18.7. The van der Waals surface area contributed by atoms with Crippen LogP contribution in [0.3, 0.4) is 0 Å². The van der Waals surface area contributed by atoms with Crippen LogP contribution in [0.25, 0.3) is 0 Å². The number of furan rings is 1. The molecule has 2 heterocycles. The highest BCUT2D eigenvalue weighted by Crippen LogP contribution is 2.39. The molecule has 2 amide bonds. The molecule has 1 fully saturated rings. The van der Waals surface area contributed by atoms with Crippen LogP contribution >= 0.6 is 11.8 Å². The molecule has 2 aromatic carbocycles. The lowest BCUT2D eigenvalue weighted by atomic mass is 10.1.